The van der Waals surface area contributed by atoms with Crippen molar-refractivity contribution < 1.29 is 29.3 Å². The predicted octanol–water partition coefficient (Wildman–Crippen LogP) is 1.55. The summed E-state index contributed by atoms with van der Waals surface area (Å²) in [6.07, 6.45) is -0.845. The Morgan fingerprint density at radius 2 is 1.71 bits per heavy atom. The highest BCUT2D eigenvalue weighted by Crippen LogP contribution is 2.39. The van der Waals surface area contributed by atoms with Gasteiger partial charge >= 0.3 is 0 Å². The number of phenolic OH excluding ortho intramolecular Hbond substituents is 2. The number of ether oxygens (including phenoxy) is 2. The highest BCUT2D eigenvalue weighted by molar-refractivity contribution is 6.27. The molecule has 1 aromatic carbocycles. The molecule has 21 heavy (non-hydrogen) atoms. The highest BCUT2D eigenvalue weighted by atomic mass is 16.7. The molecule has 2 atom stereocenters. The standard InChI is InChI=1S/C15H14O6/c1-6-3-9-12(15(20-2)21-6)14(19)8-5-11(17)10(16)4-7(8)13(9)18/h4-6,15-17H,3H2,1-2H3/t6-,15+/m0/s1. The quantitative estimate of drug-likeness (QED) is 0.762. The molecule has 3 rings (SSSR count). The van der Waals surface area contributed by atoms with Gasteiger partial charge < -0.3 is 19.7 Å². The third kappa shape index (κ3) is 1.95. The zero-order valence-corrected chi connectivity index (χ0v) is 11.5. The third-order valence-electron chi connectivity index (χ3n) is 3.75. The Kier molecular flexibility index (Phi) is 3.07. The van der Waals surface area contributed by atoms with E-state index in [1.807, 2.05) is 0 Å². The number of aromatic hydroxyl groups is 2. The zero-order valence-electron chi connectivity index (χ0n) is 11.5. The van der Waals surface area contributed by atoms with Crippen LogP contribution in [0.3, 0.4) is 0 Å². The molecule has 0 radical (unpaired) electrons. The number of benzene rings is 1. The van der Waals surface area contributed by atoms with Crippen molar-refractivity contribution in [1.29, 1.82) is 0 Å². The normalized spacial score (nSPS) is 24.9. The second kappa shape index (κ2) is 4.68. The minimum atomic E-state index is -0.899. The molecule has 0 unspecified atom stereocenters. The third-order valence-corrected chi connectivity index (χ3v) is 3.75. The monoisotopic (exact) mass is 290 g/mol. The molecule has 0 amide bonds. The lowest BCUT2D eigenvalue weighted by Gasteiger charge is -2.33. The lowest BCUT2D eigenvalue weighted by atomic mass is 9.80. The fraction of sp³-hybridized carbons (Fsp3) is 0.333. The number of rotatable bonds is 1. The number of hydrogen-bond donors (Lipinski definition) is 2. The van der Waals surface area contributed by atoms with Crippen molar-refractivity contribution in [2.75, 3.05) is 7.11 Å². The lowest BCUT2D eigenvalue weighted by Crippen LogP contribution is -2.38. The van der Waals surface area contributed by atoms with Gasteiger partial charge in [0, 0.05) is 30.2 Å². The lowest BCUT2D eigenvalue weighted by molar-refractivity contribution is -0.133. The molecule has 2 aliphatic rings. The van der Waals surface area contributed by atoms with Crippen LogP contribution in [0.2, 0.25) is 0 Å². The van der Waals surface area contributed by atoms with Crippen LogP contribution in [0.25, 0.3) is 0 Å². The fourth-order valence-corrected chi connectivity index (χ4v) is 2.76. The number of hydrogen-bond acceptors (Lipinski definition) is 6. The van der Waals surface area contributed by atoms with Gasteiger partial charge in [-0.1, -0.05) is 0 Å². The average molecular weight is 290 g/mol. The van der Waals surface area contributed by atoms with Crippen molar-refractivity contribution in [3.8, 4) is 11.5 Å². The molecule has 1 aromatic rings. The molecule has 0 saturated carbocycles. The Hall–Kier alpha value is -2.18. The van der Waals surface area contributed by atoms with Gasteiger partial charge in [0.25, 0.3) is 0 Å². The van der Waals surface area contributed by atoms with Crippen LogP contribution in [0.1, 0.15) is 34.1 Å². The Balaban J connectivity index is 2.21. The Bertz CT molecular complexity index is 688. The summed E-state index contributed by atoms with van der Waals surface area (Å²) in [6.45, 7) is 1.79. The summed E-state index contributed by atoms with van der Waals surface area (Å²) in [5.41, 5.74) is 0.675. The first-order chi connectivity index (χ1) is 9.93. The molecule has 1 aliphatic carbocycles. The number of phenols is 2. The maximum atomic E-state index is 12.6. The summed E-state index contributed by atoms with van der Waals surface area (Å²) in [6, 6.07) is 2.22. The van der Waals surface area contributed by atoms with Crippen LogP contribution in [0.4, 0.5) is 0 Å². The predicted molar refractivity (Wildman–Crippen MR) is 71.4 cm³/mol. The van der Waals surface area contributed by atoms with Gasteiger partial charge in [0.1, 0.15) is 0 Å². The largest absolute Gasteiger partial charge is 0.504 e. The van der Waals surface area contributed by atoms with Gasteiger partial charge in [0.2, 0.25) is 0 Å². The van der Waals surface area contributed by atoms with Gasteiger partial charge in [0.05, 0.1) is 11.7 Å². The molecular weight excluding hydrogens is 276 g/mol. The van der Waals surface area contributed by atoms with Gasteiger partial charge in [-0.05, 0) is 19.1 Å². The van der Waals surface area contributed by atoms with Gasteiger partial charge in [-0.25, -0.2) is 0 Å². The number of ketones is 2. The Morgan fingerprint density at radius 3 is 2.29 bits per heavy atom. The van der Waals surface area contributed by atoms with Crippen molar-refractivity contribution in [2.24, 2.45) is 0 Å². The summed E-state index contributed by atoms with van der Waals surface area (Å²) in [7, 11) is 1.40. The van der Waals surface area contributed by atoms with Crippen LogP contribution in [0.5, 0.6) is 11.5 Å². The van der Waals surface area contributed by atoms with Crippen molar-refractivity contribution in [2.45, 2.75) is 25.7 Å². The summed E-state index contributed by atoms with van der Waals surface area (Å²) in [4.78, 5) is 25.1. The zero-order chi connectivity index (χ0) is 15.3. The second-order valence-corrected chi connectivity index (χ2v) is 5.16. The topological polar surface area (TPSA) is 93.1 Å². The molecule has 110 valence electrons. The molecule has 0 fully saturated rings. The van der Waals surface area contributed by atoms with Crippen LogP contribution in [-0.2, 0) is 9.47 Å². The molecule has 1 aliphatic heterocycles. The van der Waals surface area contributed by atoms with E-state index in [9.17, 15) is 19.8 Å². The maximum Gasteiger partial charge on any atom is 0.195 e. The van der Waals surface area contributed by atoms with E-state index in [1.54, 1.807) is 6.92 Å². The first-order valence-electron chi connectivity index (χ1n) is 6.50. The average Bonchev–Trinajstić information content (AvgIpc) is 2.45. The number of methoxy groups -OCH3 is 1. The Labute approximate surface area is 120 Å². The minimum absolute atomic E-state index is 0.0502. The molecule has 0 spiro atoms. The molecule has 6 nitrogen and oxygen atoms in total. The SMILES string of the molecule is CO[C@@H]1O[C@@H](C)CC2=C1C(=O)c1cc(O)c(O)cc1C2=O. The van der Waals surface area contributed by atoms with Crippen molar-refractivity contribution in [3.63, 3.8) is 0 Å². The van der Waals surface area contributed by atoms with Crippen LogP contribution in [-0.4, -0.2) is 41.3 Å². The van der Waals surface area contributed by atoms with E-state index in [-0.39, 0.29) is 28.6 Å². The number of carbonyl (C=O) groups excluding carboxylic acids is 2. The number of carbonyl (C=O) groups is 2. The smallest absolute Gasteiger partial charge is 0.195 e. The molecular formula is C15H14O6. The van der Waals surface area contributed by atoms with Crippen LogP contribution in [0, 0.1) is 0 Å². The van der Waals surface area contributed by atoms with E-state index in [0.717, 1.165) is 12.1 Å². The summed E-state index contributed by atoms with van der Waals surface area (Å²) < 4.78 is 10.7. The number of fused-ring (bicyclic) bond motifs is 1. The van der Waals surface area contributed by atoms with Crippen LogP contribution < -0.4 is 0 Å². The molecule has 0 aromatic heterocycles. The fourth-order valence-electron chi connectivity index (χ4n) is 2.76. The first kappa shape index (κ1) is 13.8. The molecule has 0 saturated heterocycles. The molecule has 0 bridgehead atoms. The van der Waals surface area contributed by atoms with E-state index >= 15 is 0 Å². The van der Waals surface area contributed by atoms with E-state index in [0.29, 0.717) is 12.0 Å². The van der Waals surface area contributed by atoms with E-state index < -0.39 is 23.6 Å². The van der Waals surface area contributed by atoms with Crippen molar-refractivity contribution in [1.82, 2.24) is 0 Å². The summed E-state index contributed by atoms with van der Waals surface area (Å²) in [5.74, 6) is -1.64. The van der Waals surface area contributed by atoms with Crippen LogP contribution in [0.15, 0.2) is 23.3 Å². The Morgan fingerprint density at radius 1 is 1.14 bits per heavy atom. The first-order valence-corrected chi connectivity index (χ1v) is 6.50. The molecule has 2 N–H and O–H groups in total. The van der Waals surface area contributed by atoms with E-state index in [4.69, 9.17) is 9.47 Å². The maximum absolute atomic E-state index is 12.6. The van der Waals surface area contributed by atoms with Gasteiger partial charge in [-0.15, -0.1) is 0 Å². The number of Topliss-reactive ketones (excluding diaryl/α,β-unsaturated/α-hetero) is 2. The minimum Gasteiger partial charge on any atom is -0.504 e. The van der Waals surface area contributed by atoms with Crippen LogP contribution >= 0.6 is 0 Å². The van der Waals surface area contributed by atoms with E-state index in [2.05, 4.69) is 0 Å². The van der Waals surface area contributed by atoms with E-state index in [1.165, 1.54) is 7.11 Å². The van der Waals surface area contributed by atoms with Gasteiger partial charge in [0.15, 0.2) is 29.4 Å². The molecule has 6 heteroatoms. The summed E-state index contributed by atoms with van der Waals surface area (Å²) in [5, 5.41) is 19.1. The highest BCUT2D eigenvalue weighted by Gasteiger charge is 2.41. The van der Waals surface area contributed by atoms with Crippen molar-refractivity contribution in [3.05, 3.63) is 34.4 Å². The summed E-state index contributed by atoms with van der Waals surface area (Å²) >= 11 is 0. The van der Waals surface area contributed by atoms with Crippen molar-refractivity contribution >= 4 is 11.6 Å². The van der Waals surface area contributed by atoms with Gasteiger partial charge in [-0.3, -0.25) is 9.59 Å². The molecule has 1 heterocycles. The van der Waals surface area contributed by atoms with Gasteiger partial charge in [-0.2, -0.15) is 0 Å². The second-order valence-electron chi connectivity index (χ2n) is 5.16.